The van der Waals surface area contributed by atoms with Gasteiger partial charge in [0, 0.05) is 11.1 Å². The quantitative estimate of drug-likeness (QED) is 0.178. The van der Waals surface area contributed by atoms with E-state index in [2.05, 4.69) is 166 Å². The molecule has 2 unspecified atom stereocenters. The zero-order chi connectivity index (χ0) is 33.7. The lowest BCUT2D eigenvalue weighted by molar-refractivity contribution is -0.0152. The van der Waals surface area contributed by atoms with Gasteiger partial charge in [-0.1, -0.05) is 121 Å². The zero-order valence-electron chi connectivity index (χ0n) is 30.1. The molecule has 2 aliphatic carbocycles. The highest BCUT2D eigenvalue weighted by atomic mass is 28.3. The molecule has 0 aromatic heterocycles. The number of fused-ring (bicyclic) bond motifs is 2. The van der Waals surface area contributed by atoms with Crippen LogP contribution in [0.3, 0.4) is 0 Å². The molecule has 3 heteroatoms. The second-order valence-corrected chi connectivity index (χ2v) is 21.1. The van der Waals surface area contributed by atoms with E-state index >= 15 is 0 Å². The third-order valence-electron chi connectivity index (χ3n) is 9.92. The maximum absolute atomic E-state index is 6.02. The lowest BCUT2D eigenvalue weighted by Crippen LogP contribution is -2.42. The van der Waals surface area contributed by atoms with Crippen molar-refractivity contribution in [1.82, 2.24) is 0 Å². The Hall–Kier alpha value is -3.50. The normalized spacial score (nSPS) is 17.7. The van der Waals surface area contributed by atoms with E-state index in [0.29, 0.717) is 24.3 Å². The number of hydrogen-bond acceptors (Lipinski definition) is 2. The first-order valence-corrected chi connectivity index (χ1v) is 20.4. The zero-order valence-corrected chi connectivity index (χ0v) is 31.1. The maximum atomic E-state index is 6.02. The first-order valence-electron chi connectivity index (χ1n) is 17.2. The van der Waals surface area contributed by atoms with Crippen molar-refractivity contribution in [3.63, 3.8) is 0 Å². The summed E-state index contributed by atoms with van der Waals surface area (Å²) in [5.41, 5.74) is 17.1. The maximum Gasteiger partial charge on any atom is 0.0724 e. The van der Waals surface area contributed by atoms with Crippen LogP contribution in [-0.4, -0.2) is 19.3 Å². The molecule has 0 spiro atoms. The first kappa shape index (κ1) is 33.4. The summed E-state index contributed by atoms with van der Waals surface area (Å²) in [5.74, 6) is 0. The Morgan fingerprint density at radius 3 is 1.23 bits per heavy atom. The van der Waals surface area contributed by atoms with Crippen molar-refractivity contribution < 1.29 is 9.47 Å². The Morgan fingerprint density at radius 1 is 0.532 bits per heavy atom. The summed E-state index contributed by atoms with van der Waals surface area (Å²) in [4.78, 5) is 0. The van der Waals surface area contributed by atoms with Crippen LogP contribution in [0.25, 0.3) is 34.4 Å². The molecule has 4 aromatic rings. The average Bonchev–Trinajstić information content (AvgIpc) is 3.55. The van der Waals surface area contributed by atoms with Crippen LogP contribution in [-0.2, 0) is 22.7 Å². The SMILES string of the molecule is CC1=Cc2c(-c3ccc(COC(C)(C)C)cc3)cccc2C1[Si](C)(C)C1C(C)=Cc2c(-c3ccc(COC(C)(C)C)cc3)cccc21. The Kier molecular flexibility index (Phi) is 8.89. The van der Waals surface area contributed by atoms with E-state index in [4.69, 9.17) is 9.47 Å². The van der Waals surface area contributed by atoms with E-state index in [9.17, 15) is 0 Å². The molecule has 0 N–H and O–H groups in total. The van der Waals surface area contributed by atoms with Gasteiger partial charge >= 0.3 is 0 Å². The molecule has 0 saturated carbocycles. The minimum Gasteiger partial charge on any atom is -0.371 e. The Labute approximate surface area is 284 Å². The smallest absolute Gasteiger partial charge is 0.0724 e. The molecular formula is C44H52O2Si. The van der Waals surface area contributed by atoms with Gasteiger partial charge in [-0.15, -0.1) is 0 Å². The summed E-state index contributed by atoms with van der Waals surface area (Å²) < 4.78 is 12.0. The molecule has 4 aromatic carbocycles. The number of rotatable bonds is 8. The van der Waals surface area contributed by atoms with Gasteiger partial charge in [0.15, 0.2) is 0 Å². The van der Waals surface area contributed by atoms with Crippen molar-refractivity contribution in [2.75, 3.05) is 0 Å². The van der Waals surface area contributed by atoms with Gasteiger partial charge in [0.1, 0.15) is 0 Å². The fourth-order valence-electron chi connectivity index (χ4n) is 7.91. The predicted octanol–water partition coefficient (Wildman–Crippen LogP) is 12.1. The Bertz CT molecular complexity index is 1690. The number of benzene rings is 4. The number of allylic oxidation sites excluding steroid dienone is 2. The highest BCUT2D eigenvalue weighted by molar-refractivity contribution is 6.81. The third-order valence-corrected chi connectivity index (χ3v) is 14.4. The van der Waals surface area contributed by atoms with Gasteiger partial charge in [0.05, 0.1) is 32.5 Å². The molecule has 6 rings (SSSR count). The van der Waals surface area contributed by atoms with Gasteiger partial charge in [0.25, 0.3) is 0 Å². The molecule has 2 atom stereocenters. The van der Waals surface area contributed by atoms with Crippen molar-refractivity contribution in [3.05, 3.63) is 129 Å². The average molecular weight is 641 g/mol. The van der Waals surface area contributed by atoms with Crippen LogP contribution in [0.15, 0.2) is 96.1 Å². The van der Waals surface area contributed by atoms with E-state index in [-0.39, 0.29) is 11.2 Å². The molecule has 0 saturated heterocycles. The molecule has 47 heavy (non-hydrogen) atoms. The molecule has 2 nitrogen and oxygen atoms in total. The predicted molar refractivity (Wildman–Crippen MR) is 203 cm³/mol. The Balaban J connectivity index is 1.29. The summed E-state index contributed by atoms with van der Waals surface area (Å²) in [6, 6.07) is 31.9. The van der Waals surface area contributed by atoms with Gasteiger partial charge in [-0.25, -0.2) is 0 Å². The van der Waals surface area contributed by atoms with Gasteiger partial charge in [0.2, 0.25) is 0 Å². The minimum atomic E-state index is -1.96. The minimum absolute atomic E-state index is 0.144. The summed E-state index contributed by atoms with van der Waals surface area (Å²) in [6.45, 7) is 23.9. The van der Waals surface area contributed by atoms with Crippen LogP contribution in [0.5, 0.6) is 0 Å². The molecule has 0 fully saturated rings. The van der Waals surface area contributed by atoms with Crippen molar-refractivity contribution in [1.29, 1.82) is 0 Å². The summed E-state index contributed by atoms with van der Waals surface area (Å²) >= 11 is 0. The highest BCUT2D eigenvalue weighted by Crippen LogP contribution is 2.54. The summed E-state index contributed by atoms with van der Waals surface area (Å²) in [7, 11) is -1.96. The molecule has 0 bridgehead atoms. The van der Waals surface area contributed by atoms with E-state index in [0.717, 1.165) is 0 Å². The van der Waals surface area contributed by atoms with Crippen LogP contribution in [0.2, 0.25) is 13.1 Å². The van der Waals surface area contributed by atoms with Crippen molar-refractivity contribution in [2.45, 2.75) is 104 Å². The van der Waals surface area contributed by atoms with Crippen LogP contribution in [0, 0.1) is 0 Å². The van der Waals surface area contributed by atoms with E-state index < -0.39 is 8.07 Å². The van der Waals surface area contributed by atoms with E-state index in [1.807, 2.05) is 0 Å². The molecule has 0 radical (unpaired) electrons. The molecule has 0 aliphatic heterocycles. The third kappa shape index (κ3) is 6.90. The monoisotopic (exact) mass is 640 g/mol. The fraction of sp³-hybridized carbons (Fsp3) is 0.364. The first-order chi connectivity index (χ1) is 22.1. The molecule has 0 amide bonds. The van der Waals surface area contributed by atoms with Crippen LogP contribution < -0.4 is 0 Å². The second kappa shape index (κ2) is 12.5. The topological polar surface area (TPSA) is 18.5 Å². The standard InChI is InChI=1S/C44H52O2Si/c1-29-25-39-35(33-21-17-31(18-22-33)27-45-43(3,4)5)13-11-15-37(39)41(29)47(9,10)42-30(2)26-40-36(14-12-16-38(40)42)34-23-19-32(20-24-34)28-46-44(6,7)8/h11-26,41-42H,27-28H2,1-10H3. The fourth-order valence-corrected chi connectivity index (χ4v) is 12.9. The largest absolute Gasteiger partial charge is 0.371 e. The van der Waals surface area contributed by atoms with Crippen molar-refractivity contribution in [2.24, 2.45) is 0 Å². The number of hydrogen-bond donors (Lipinski definition) is 0. The van der Waals surface area contributed by atoms with Gasteiger partial charge in [-0.3, -0.25) is 0 Å². The van der Waals surface area contributed by atoms with Crippen LogP contribution >= 0.6 is 0 Å². The van der Waals surface area contributed by atoms with E-state index in [1.54, 1.807) is 0 Å². The molecule has 2 aliphatic rings. The lowest BCUT2D eigenvalue weighted by atomic mass is 9.96. The Morgan fingerprint density at radius 2 is 0.894 bits per heavy atom. The molecule has 244 valence electrons. The molecular weight excluding hydrogens is 589 g/mol. The van der Waals surface area contributed by atoms with Crippen LogP contribution in [0.4, 0.5) is 0 Å². The highest BCUT2D eigenvalue weighted by Gasteiger charge is 2.47. The second-order valence-electron chi connectivity index (χ2n) is 16.3. The summed E-state index contributed by atoms with van der Waals surface area (Å²) in [5, 5.41) is 0. The molecule has 0 heterocycles. The van der Waals surface area contributed by atoms with Crippen molar-refractivity contribution >= 4 is 20.2 Å². The van der Waals surface area contributed by atoms with Crippen LogP contribution in [0.1, 0.15) is 99.9 Å². The summed E-state index contributed by atoms with van der Waals surface area (Å²) in [6.07, 6.45) is 4.97. The van der Waals surface area contributed by atoms with Crippen molar-refractivity contribution in [3.8, 4) is 22.3 Å². The van der Waals surface area contributed by atoms with E-state index in [1.165, 1.54) is 66.8 Å². The van der Waals surface area contributed by atoms with Gasteiger partial charge in [-0.2, -0.15) is 0 Å². The van der Waals surface area contributed by atoms with Gasteiger partial charge in [-0.05, 0) is 111 Å². The number of ether oxygens (including phenoxy) is 2. The van der Waals surface area contributed by atoms with Gasteiger partial charge < -0.3 is 9.47 Å². The lowest BCUT2D eigenvalue weighted by Gasteiger charge is -2.39.